The van der Waals surface area contributed by atoms with Gasteiger partial charge >= 0.3 is 0 Å². The normalized spacial score (nSPS) is 16.5. The molecule has 0 spiro atoms. The molecule has 0 atom stereocenters. The van der Waals surface area contributed by atoms with E-state index in [0.717, 1.165) is 43.6 Å². The fourth-order valence-corrected chi connectivity index (χ4v) is 2.02. The predicted molar refractivity (Wildman–Crippen MR) is 61.6 cm³/mol. The van der Waals surface area contributed by atoms with Crippen molar-refractivity contribution in [3.63, 3.8) is 0 Å². The molecule has 1 saturated heterocycles. The Morgan fingerprint density at radius 3 is 2.73 bits per heavy atom. The molecule has 0 amide bonds. The van der Waals surface area contributed by atoms with Crippen LogP contribution >= 0.6 is 0 Å². The van der Waals surface area contributed by atoms with E-state index in [0.29, 0.717) is 0 Å². The topological polar surface area (TPSA) is 32.3 Å². The van der Waals surface area contributed by atoms with E-state index < -0.39 is 0 Å². The van der Waals surface area contributed by atoms with Crippen molar-refractivity contribution in [1.29, 1.82) is 0 Å². The van der Waals surface area contributed by atoms with Gasteiger partial charge in [0.2, 0.25) is 0 Å². The van der Waals surface area contributed by atoms with Crippen LogP contribution in [0.3, 0.4) is 0 Å². The van der Waals surface area contributed by atoms with Crippen LogP contribution in [0.15, 0.2) is 18.2 Å². The fraction of sp³-hybridized carbons (Fsp3) is 0.417. The molecule has 3 nitrogen and oxygen atoms in total. The standard InChI is InChI=1S/C12H16N2O/c1-10-11(9-15)3-2-4-12(10)14-7-5-13-6-8-14/h2-4,9,13H,5-8H2,1H3. The third kappa shape index (κ3) is 2.02. The SMILES string of the molecule is Cc1c(C=O)cccc1N1CCNCC1. The molecule has 2 rings (SSSR count). The number of carbonyl (C=O) groups is 1. The van der Waals surface area contributed by atoms with E-state index in [4.69, 9.17) is 0 Å². The molecule has 1 N–H and O–H groups in total. The molecular formula is C12H16N2O. The molecule has 0 aromatic heterocycles. The van der Waals surface area contributed by atoms with E-state index in [-0.39, 0.29) is 0 Å². The molecule has 1 aliphatic rings. The molecule has 0 saturated carbocycles. The van der Waals surface area contributed by atoms with Crippen molar-refractivity contribution in [1.82, 2.24) is 5.32 Å². The summed E-state index contributed by atoms with van der Waals surface area (Å²) in [5.74, 6) is 0. The number of rotatable bonds is 2. The fourth-order valence-electron chi connectivity index (χ4n) is 2.02. The van der Waals surface area contributed by atoms with Gasteiger partial charge in [-0.15, -0.1) is 0 Å². The first kappa shape index (κ1) is 10.2. The Balaban J connectivity index is 2.30. The van der Waals surface area contributed by atoms with E-state index in [1.807, 2.05) is 19.1 Å². The smallest absolute Gasteiger partial charge is 0.150 e. The minimum Gasteiger partial charge on any atom is -0.369 e. The van der Waals surface area contributed by atoms with Crippen LogP contribution in [0, 0.1) is 6.92 Å². The highest BCUT2D eigenvalue weighted by Gasteiger charge is 2.13. The van der Waals surface area contributed by atoms with Crippen LogP contribution in [0.2, 0.25) is 0 Å². The highest BCUT2D eigenvalue weighted by Crippen LogP contribution is 2.22. The Bertz CT molecular complexity index is 357. The lowest BCUT2D eigenvalue weighted by Gasteiger charge is -2.31. The molecule has 1 aliphatic heterocycles. The quantitative estimate of drug-likeness (QED) is 0.735. The van der Waals surface area contributed by atoms with Gasteiger partial charge in [-0.25, -0.2) is 0 Å². The van der Waals surface area contributed by atoms with E-state index in [9.17, 15) is 4.79 Å². The highest BCUT2D eigenvalue weighted by atomic mass is 16.1. The van der Waals surface area contributed by atoms with Crippen LogP contribution in [0.5, 0.6) is 0 Å². The van der Waals surface area contributed by atoms with E-state index in [2.05, 4.69) is 16.3 Å². The number of carbonyl (C=O) groups excluding carboxylic acids is 1. The molecule has 15 heavy (non-hydrogen) atoms. The molecule has 0 radical (unpaired) electrons. The van der Waals surface area contributed by atoms with Crippen molar-refractivity contribution in [3.05, 3.63) is 29.3 Å². The Morgan fingerprint density at radius 2 is 2.07 bits per heavy atom. The zero-order valence-corrected chi connectivity index (χ0v) is 8.99. The Morgan fingerprint density at radius 1 is 1.33 bits per heavy atom. The van der Waals surface area contributed by atoms with Gasteiger partial charge in [0.05, 0.1) is 0 Å². The summed E-state index contributed by atoms with van der Waals surface area (Å²) in [6.45, 7) is 6.09. The number of hydrogen-bond acceptors (Lipinski definition) is 3. The van der Waals surface area contributed by atoms with Crippen molar-refractivity contribution in [2.45, 2.75) is 6.92 Å². The van der Waals surface area contributed by atoms with E-state index >= 15 is 0 Å². The van der Waals surface area contributed by atoms with Gasteiger partial charge in [-0.05, 0) is 18.6 Å². The molecular weight excluding hydrogens is 188 g/mol. The lowest BCUT2D eigenvalue weighted by molar-refractivity contribution is 0.112. The van der Waals surface area contributed by atoms with Crippen molar-refractivity contribution < 1.29 is 4.79 Å². The van der Waals surface area contributed by atoms with E-state index in [1.54, 1.807) is 0 Å². The van der Waals surface area contributed by atoms with Crippen LogP contribution < -0.4 is 10.2 Å². The third-order valence-electron chi connectivity index (χ3n) is 2.93. The van der Waals surface area contributed by atoms with Crippen molar-refractivity contribution >= 4 is 12.0 Å². The average molecular weight is 204 g/mol. The maximum atomic E-state index is 10.8. The second-order valence-corrected chi connectivity index (χ2v) is 3.85. The summed E-state index contributed by atoms with van der Waals surface area (Å²) in [7, 11) is 0. The summed E-state index contributed by atoms with van der Waals surface area (Å²) in [6.07, 6.45) is 0.932. The van der Waals surface area contributed by atoms with Gasteiger partial charge in [0.15, 0.2) is 0 Å². The van der Waals surface area contributed by atoms with Gasteiger partial charge in [-0.1, -0.05) is 12.1 Å². The molecule has 0 unspecified atom stereocenters. The van der Waals surface area contributed by atoms with Crippen molar-refractivity contribution in [2.24, 2.45) is 0 Å². The maximum Gasteiger partial charge on any atom is 0.150 e. The number of piperazine rings is 1. The minimum absolute atomic E-state index is 0.797. The van der Waals surface area contributed by atoms with Crippen LogP contribution in [0.25, 0.3) is 0 Å². The van der Waals surface area contributed by atoms with Crippen molar-refractivity contribution in [2.75, 3.05) is 31.1 Å². The number of nitrogens with zero attached hydrogens (tertiary/aromatic N) is 1. The summed E-state index contributed by atoms with van der Waals surface area (Å²) in [6, 6.07) is 5.91. The van der Waals surface area contributed by atoms with Crippen molar-refractivity contribution in [3.8, 4) is 0 Å². The van der Waals surface area contributed by atoms with E-state index in [1.165, 1.54) is 5.69 Å². The average Bonchev–Trinajstić information content (AvgIpc) is 2.30. The first-order valence-electron chi connectivity index (χ1n) is 5.33. The number of nitrogens with one attached hydrogen (secondary N) is 1. The predicted octanol–water partition coefficient (Wildman–Crippen LogP) is 1.22. The molecule has 3 heteroatoms. The first-order valence-corrected chi connectivity index (χ1v) is 5.33. The van der Waals surface area contributed by atoms with Crippen LogP contribution in [-0.4, -0.2) is 32.5 Å². The number of aldehydes is 1. The summed E-state index contributed by atoms with van der Waals surface area (Å²) < 4.78 is 0. The van der Waals surface area contributed by atoms with Crippen LogP contribution in [0.1, 0.15) is 15.9 Å². The molecule has 0 aliphatic carbocycles. The Kier molecular flexibility index (Phi) is 3.02. The number of benzene rings is 1. The highest BCUT2D eigenvalue weighted by molar-refractivity contribution is 5.80. The summed E-state index contributed by atoms with van der Waals surface area (Å²) in [5.41, 5.74) is 3.08. The van der Waals surface area contributed by atoms with Gasteiger partial charge in [-0.3, -0.25) is 4.79 Å². The molecule has 80 valence electrons. The van der Waals surface area contributed by atoms with Gasteiger partial charge in [0, 0.05) is 37.4 Å². The summed E-state index contributed by atoms with van der Waals surface area (Å²) >= 11 is 0. The van der Waals surface area contributed by atoms with Crippen LogP contribution in [0.4, 0.5) is 5.69 Å². The molecule has 1 heterocycles. The summed E-state index contributed by atoms with van der Waals surface area (Å²) in [4.78, 5) is 13.2. The van der Waals surface area contributed by atoms with Gasteiger partial charge in [0.1, 0.15) is 6.29 Å². The summed E-state index contributed by atoms with van der Waals surface area (Å²) in [5, 5.41) is 3.32. The first-order chi connectivity index (χ1) is 7.33. The lowest BCUT2D eigenvalue weighted by Crippen LogP contribution is -2.43. The second-order valence-electron chi connectivity index (χ2n) is 3.85. The van der Waals surface area contributed by atoms with Gasteiger partial charge in [-0.2, -0.15) is 0 Å². The second kappa shape index (κ2) is 4.45. The zero-order valence-electron chi connectivity index (χ0n) is 8.99. The van der Waals surface area contributed by atoms with Gasteiger partial charge < -0.3 is 10.2 Å². The molecule has 1 aromatic carbocycles. The monoisotopic (exact) mass is 204 g/mol. The van der Waals surface area contributed by atoms with Crippen LogP contribution in [-0.2, 0) is 0 Å². The largest absolute Gasteiger partial charge is 0.369 e. The molecule has 0 bridgehead atoms. The minimum atomic E-state index is 0.797. The number of anilines is 1. The lowest BCUT2D eigenvalue weighted by atomic mass is 10.1. The molecule has 1 aromatic rings. The Hall–Kier alpha value is -1.35. The Labute approximate surface area is 90.1 Å². The van der Waals surface area contributed by atoms with Gasteiger partial charge in [0.25, 0.3) is 0 Å². The molecule has 1 fully saturated rings. The zero-order chi connectivity index (χ0) is 10.7. The third-order valence-corrected chi connectivity index (χ3v) is 2.93. The number of hydrogen-bond donors (Lipinski definition) is 1. The maximum absolute atomic E-state index is 10.8.